The second-order valence-corrected chi connectivity index (χ2v) is 8.86. The van der Waals surface area contributed by atoms with Crippen LogP contribution in [0, 0.1) is 41.4 Å². The van der Waals surface area contributed by atoms with Gasteiger partial charge in [-0.2, -0.15) is 0 Å². The topological polar surface area (TPSA) is 46.3 Å². The fraction of sp³-hybridized carbons (Fsp3) is 0.944. The molecule has 4 bridgehead atoms. The quantitative estimate of drug-likeness (QED) is 0.804. The van der Waals surface area contributed by atoms with Gasteiger partial charge >= 0.3 is 0 Å². The van der Waals surface area contributed by atoms with E-state index in [1.807, 2.05) is 0 Å². The number of fused-ring (bicyclic) bond motifs is 1. The molecule has 2 N–H and O–H groups in total. The summed E-state index contributed by atoms with van der Waals surface area (Å²) in [6.45, 7) is 1.98. The summed E-state index contributed by atoms with van der Waals surface area (Å²) in [4.78, 5) is 15.4. The van der Waals surface area contributed by atoms with Crippen molar-refractivity contribution in [2.24, 2.45) is 47.2 Å². The summed E-state index contributed by atoms with van der Waals surface area (Å²) in [5.41, 5.74) is 6.24. The van der Waals surface area contributed by atoms with Gasteiger partial charge in [-0.15, -0.1) is 0 Å². The number of carbonyl (C=O) groups excluding carboxylic acids is 1. The number of likely N-dealkylation sites (tertiary alicyclic amines) is 1. The number of rotatable bonds is 1. The Bertz CT molecular complexity index is 434. The van der Waals surface area contributed by atoms with Gasteiger partial charge < -0.3 is 10.6 Å². The standard InChI is InChI=1S/C18H28N2O/c19-16-2-1-12-8-20(9-15(12)16)18(21)17-13-4-10-3-11(6-13)7-14(17)5-10/h10-17H,1-9,19H2. The van der Waals surface area contributed by atoms with E-state index in [0.29, 0.717) is 29.7 Å². The Kier molecular flexibility index (Phi) is 2.75. The molecule has 116 valence electrons. The van der Waals surface area contributed by atoms with Crippen molar-refractivity contribution in [1.82, 2.24) is 4.90 Å². The van der Waals surface area contributed by atoms with Gasteiger partial charge in [0.05, 0.1) is 0 Å². The van der Waals surface area contributed by atoms with Crippen molar-refractivity contribution in [2.45, 2.75) is 51.0 Å². The molecule has 3 nitrogen and oxygen atoms in total. The van der Waals surface area contributed by atoms with Crippen LogP contribution in [0.15, 0.2) is 0 Å². The van der Waals surface area contributed by atoms with Crippen molar-refractivity contribution in [3.05, 3.63) is 0 Å². The first kappa shape index (κ1) is 12.9. The number of hydrogen-bond acceptors (Lipinski definition) is 2. The van der Waals surface area contributed by atoms with Crippen LogP contribution in [0.5, 0.6) is 0 Å². The number of carbonyl (C=O) groups is 1. The third-order valence-corrected chi connectivity index (χ3v) is 7.74. The van der Waals surface area contributed by atoms with Gasteiger partial charge in [-0.1, -0.05) is 0 Å². The monoisotopic (exact) mass is 288 g/mol. The van der Waals surface area contributed by atoms with E-state index in [0.717, 1.165) is 36.8 Å². The van der Waals surface area contributed by atoms with Crippen molar-refractivity contribution >= 4 is 5.91 Å². The highest BCUT2D eigenvalue weighted by Crippen LogP contribution is 2.57. The normalized spacial score (nSPS) is 54.2. The molecule has 5 saturated carbocycles. The van der Waals surface area contributed by atoms with Crippen LogP contribution in [0.4, 0.5) is 0 Å². The van der Waals surface area contributed by atoms with Crippen LogP contribution in [0.25, 0.3) is 0 Å². The summed E-state index contributed by atoms with van der Waals surface area (Å²) in [5.74, 6) is 5.58. The van der Waals surface area contributed by atoms with Crippen molar-refractivity contribution in [1.29, 1.82) is 0 Å². The van der Waals surface area contributed by atoms with Gasteiger partial charge in [-0.25, -0.2) is 0 Å². The van der Waals surface area contributed by atoms with Crippen LogP contribution in [0.3, 0.4) is 0 Å². The molecule has 3 unspecified atom stereocenters. The molecule has 0 spiro atoms. The maximum absolute atomic E-state index is 13.2. The molecule has 3 atom stereocenters. The predicted molar refractivity (Wildman–Crippen MR) is 81.3 cm³/mol. The van der Waals surface area contributed by atoms with E-state index in [9.17, 15) is 4.79 Å². The third kappa shape index (κ3) is 1.85. The molecule has 1 aliphatic heterocycles. The van der Waals surface area contributed by atoms with E-state index in [1.54, 1.807) is 0 Å². The van der Waals surface area contributed by atoms with E-state index in [1.165, 1.54) is 44.9 Å². The molecule has 0 aromatic carbocycles. The van der Waals surface area contributed by atoms with Gasteiger partial charge in [-0.05, 0) is 80.5 Å². The molecule has 0 radical (unpaired) electrons. The Balaban J connectivity index is 1.33. The molecule has 0 aromatic rings. The lowest BCUT2D eigenvalue weighted by Crippen LogP contribution is -2.51. The summed E-state index contributed by atoms with van der Waals surface area (Å²) in [7, 11) is 0. The highest BCUT2D eigenvalue weighted by molar-refractivity contribution is 5.80. The molecule has 6 aliphatic rings. The zero-order valence-electron chi connectivity index (χ0n) is 12.9. The van der Waals surface area contributed by atoms with Gasteiger partial charge in [0, 0.05) is 25.0 Å². The van der Waals surface area contributed by atoms with Crippen molar-refractivity contribution in [2.75, 3.05) is 13.1 Å². The van der Waals surface area contributed by atoms with Crippen molar-refractivity contribution in [3.63, 3.8) is 0 Å². The van der Waals surface area contributed by atoms with Gasteiger partial charge in [0.1, 0.15) is 0 Å². The first-order chi connectivity index (χ1) is 10.2. The van der Waals surface area contributed by atoms with E-state index >= 15 is 0 Å². The number of nitrogens with two attached hydrogens (primary N) is 1. The largest absolute Gasteiger partial charge is 0.342 e. The Morgan fingerprint density at radius 3 is 2.14 bits per heavy atom. The fourth-order valence-electron chi connectivity index (χ4n) is 7.03. The zero-order chi connectivity index (χ0) is 14.1. The molecule has 5 aliphatic carbocycles. The maximum atomic E-state index is 13.2. The molecule has 21 heavy (non-hydrogen) atoms. The smallest absolute Gasteiger partial charge is 0.226 e. The van der Waals surface area contributed by atoms with Crippen LogP contribution in [0.2, 0.25) is 0 Å². The molecule has 3 heteroatoms. The number of amides is 1. The average molecular weight is 288 g/mol. The first-order valence-electron chi connectivity index (χ1n) is 9.23. The van der Waals surface area contributed by atoms with Gasteiger partial charge in [0.2, 0.25) is 5.91 Å². The Morgan fingerprint density at radius 1 is 0.857 bits per heavy atom. The summed E-state index contributed by atoms with van der Waals surface area (Å²) in [6.07, 6.45) is 9.30. The highest BCUT2D eigenvalue weighted by Gasteiger charge is 2.53. The van der Waals surface area contributed by atoms with Gasteiger partial charge in [0.25, 0.3) is 0 Å². The van der Waals surface area contributed by atoms with Gasteiger partial charge in [-0.3, -0.25) is 4.79 Å². The number of hydrogen-bond donors (Lipinski definition) is 1. The molecular weight excluding hydrogens is 260 g/mol. The first-order valence-corrected chi connectivity index (χ1v) is 9.23. The number of nitrogens with zero attached hydrogens (tertiary/aromatic N) is 1. The fourth-order valence-corrected chi connectivity index (χ4v) is 7.03. The molecule has 1 saturated heterocycles. The van der Waals surface area contributed by atoms with Crippen LogP contribution in [-0.4, -0.2) is 29.9 Å². The molecule has 0 aromatic heterocycles. The van der Waals surface area contributed by atoms with Crippen LogP contribution < -0.4 is 5.73 Å². The van der Waals surface area contributed by atoms with Crippen molar-refractivity contribution in [3.8, 4) is 0 Å². The second-order valence-electron chi connectivity index (χ2n) is 8.86. The molecular formula is C18H28N2O. The minimum atomic E-state index is 0.353. The van der Waals surface area contributed by atoms with E-state index in [4.69, 9.17) is 5.73 Å². The highest BCUT2D eigenvalue weighted by atomic mass is 16.2. The predicted octanol–water partition coefficient (Wildman–Crippen LogP) is 2.25. The minimum absolute atomic E-state index is 0.353. The Morgan fingerprint density at radius 2 is 1.52 bits per heavy atom. The van der Waals surface area contributed by atoms with Crippen LogP contribution in [0.1, 0.15) is 44.9 Å². The maximum Gasteiger partial charge on any atom is 0.226 e. The van der Waals surface area contributed by atoms with E-state index in [2.05, 4.69) is 4.90 Å². The Labute approximate surface area is 127 Å². The Hall–Kier alpha value is -0.570. The summed E-state index contributed by atoms with van der Waals surface area (Å²) >= 11 is 0. The lowest BCUT2D eigenvalue weighted by molar-refractivity contribution is -0.148. The molecule has 1 amide bonds. The molecule has 6 rings (SSSR count). The zero-order valence-corrected chi connectivity index (χ0v) is 12.9. The average Bonchev–Trinajstić information content (AvgIpc) is 3.00. The second kappa shape index (κ2) is 4.47. The summed E-state index contributed by atoms with van der Waals surface area (Å²) in [6, 6.07) is 0.353. The molecule has 6 fully saturated rings. The molecule has 1 heterocycles. The lowest BCUT2D eigenvalue weighted by Gasteiger charge is -2.54. The third-order valence-electron chi connectivity index (χ3n) is 7.74. The van der Waals surface area contributed by atoms with Crippen LogP contribution >= 0.6 is 0 Å². The van der Waals surface area contributed by atoms with E-state index in [-0.39, 0.29) is 0 Å². The summed E-state index contributed by atoms with van der Waals surface area (Å²) < 4.78 is 0. The van der Waals surface area contributed by atoms with Crippen molar-refractivity contribution < 1.29 is 4.79 Å². The van der Waals surface area contributed by atoms with Gasteiger partial charge in [0.15, 0.2) is 0 Å². The lowest BCUT2D eigenvalue weighted by atomic mass is 9.51. The van der Waals surface area contributed by atoms with Crippen LogP contribution in [-0.2, 0) is 4.79 Å². The SMILES string of the molecule is NC1CCC2CN(C(=O)C3C4CC5CC(C4)CC3C5)CC12. The van der Waals surface area contributed by atoms with E-state index < -0.39 is 0 Å². The minimum Gasteiger partial charge on any atom is -0.342 e. The summed E-state index contributed by atoms with van der Waals surface area (Å²) in [5, 5.41) is 0.